The smallest absolute Gasteiger partial charge is 0.157 e. The lowest BCUT2D eigenvalue weighted by atomic mass is 9.49. The number of rotatable bonds is 2. The topological polar surface area (TPSA) is 38.7 Å². The van der Waals surface area contributed by atoms with E-state index in [0.717, 1.165) is 34.8 Å². The van der Waals surface area contributed by atoms with E-state index in [0.29, 0.717) is 0 Å². The zero-order valence-corrected chi connectivity index (χ0v) is 13.1. The molecule has 0 amide bonds. The molecule has 0 spiro atoms. The summed E-state index contributed by atoms with van der Waals surface area (Å²) in [4.78, 5) is 4.87. The van der Waals surface area contributed by atoms with Crippen molar-refractivity contribution in [3.8, 4) is 11.3 Å². The molecule has 4 saturated carbocycles. The van der Waals surface area contributed by atoms with E-state index >= 15 is 0 Å². The van der Waals surface area contributed by atoms with E-state index in [9.17, 15) is 4.39 Å². The van der Waals surface area contributed by atoms with E-state index in [1.165, 1.54) is 50.7 Å². The van der Waals surface area contributed by atoms with E-state index in [-0.39, 0.29) is 11.2 Å². The van der Waals surface area contributed by atoms with Crippen molar-refractivity contribution >= 4 is 0 Å². The molecule has 1 heterocycles. The van der Waals surface area contributed by atoms with Crippen molar-refractivity contribution in [3.63, 3.8) is 0 Å². The number of benzene rings is 1. The summed E-state index contributed by atoms with van der Waals surface area (Å²) in [5, 5.41) is 8.67. The van der Waals surface area contributed by atoms with Crippen LogP contribution in [0.5, 0.6) is 0 Å². The van der Waals surface area contributed by atoms with E-state index in [1.54, 1.807) is 18.3 Å². The largest absolute Gasteiger partial charge is 0.229 e. The van der Waals surface area contributed by atoms with Gasteiger partial charge in [0.2, 0.25) is 0 Å². The molecule has 118 valence electrons. The molecule has 4 fully saturated rings. The van der Waals surface area contributed by atoms with Gasteiger partial charge in [-0.05, 0) is 80.5 Å². The van der Waals surface area contributed by atoms with Crippen molar-refractivity contribution in [1.82, 2.24) is 15.2 Å². The minimum Gasteiger partial charge on any atom is -0.229 e. The van der Waals surface area contributed by atoms with Gasteiger partial charge in [-0.3, -0.25) is 0 Å². The average molecular weight is 309 g/mol. The molecule has 0 saturated heterocycles. The standard InChI is InChI=1S/C19H20FN3/c20-16-3-1-15(2-4-16)17-11-21-23-18(22-17)19-8-12-5-13(9-19)7-14(6-12)10-19/h1-4,11-14H,5-10H2. The third-order valence-electron chi connectivity index (χ3n) is 6.21. The van der Waals surface area contributed by atoms with Gasteiger partial charge in [0.15, 0.2) is 5.82 Å². The number of hydrogen-bond acceptors (Lipinski definition) is 3. The summed E-state index contributed by atoms with van der Waals surface area (Å²) >= 11 is 0. The van der Waals surface area contributed by atoms with Gasteiger partial charge in [-0.2, -0.15) is 5.10 Å². The average Bonchev–Trinajstić information content (AvgIpc) is 2.54. The van der Waals surface area contributed by atoms with Gasteiger partial charge in [-0.15, -0.1) is 5.10 Å². The predicted molar refractivity (Wildman–Crippen MR) is 85.1 cm³/mol. The van der Waals surface area contributed by atoms with Crippen LogP contribution in [0.15, 0.2) is 30.5 Å². The molecule has 4 aliphatic carbocycles. The Labute approximate surface area is 135 Å². The Morgan fingerprint density at radius 2 is 1.52 bits per heavy atom. The number of nitrogens with zero attached hydrogens (tertiary/aromatic N) is 3. The lowest BCUT2D eigenvalue weighted by Gasteiger charge is -2.55. The zero-order chi connectivity index (χ0) is 15.4. The molecule has 0 aliphatic heterocycles. The van der Waals surface area contributed by atoms with Gasteiger partial charge >= 0.3 is 0 Å². The SMILES string of the molecule is Fc1ccc(-c2cnnc(C34CC5CC(CC(C5)C3)C4)n2)cc1. The lowest BCUT2D eigenvalue weighted by molar-refractivity contribution is -0.00980. The second-order valence-corrected chi connectivity index (χ2v) is 7.87. The third-order valence-corrected chi connectivity index (χ3v) is 6.21. The highest BCUT2D eigenvalue weighted by Gasteiger charge is 2.53. The van der Waals surface area contributed by atoms with Crippen molar-refractivity contribution < 1.29 is 4.39 Å². The van der Waals surface area contributed by atoms with Crippen molar-refractivity contribution in [1.29, 1.82) is 0 Å². The monoisotopic (exact) mass is 309 g/mol. The Morgan fingerprint density at radius 1 is 0.913 bits per heavy atom. The molecule has 2 aromatic rings. The van der Waals surface area contributed by atoms with E-state index in [1.807, 2.05) is 0 Å². The van der Waals surface area contributed by atoms with Gasteiger partial charge < -0.3 is 0 Å². The van der Waals surface area contributed by atoms with E-state index < -0.39 is 0 Å². The number of aromatic nitrogens is 3. The molecule has 4 heteroatoms. The molecule has 0 unspecified atom stereocenters. The molecule has 0 N–H and O–H groups in total. The second kappa shape index (κ2) is 4.83. The van der Waals surface area contributed by atoms with Crippen molar-refractivity contribution in [2.45, 2.75) is 43.9 Å². The summed E-state index contributed by atoms with van der Waals surface area (Å²) in [6.45, 7) is 0. The molecule has 1 aromatic heterocycles. The first-order chi connectivity index (χ1) is 11.2. The summed E-state index contributed by atoms with van der Waals surface area (Å²) in [7, 11) is 0. The van der Waals surface area contributed by atoms with Gasteiger partial charge in [0.25, 0.3) is 0 Å². The maximum Gasteiger partial charge on any atom is 0.157 e. The quantitative estimate of drug-likeness (QED) is 0.836. The molecule has 6 rings (SSSR count). The zero-order valence-electron chi connectivity index (χ0n) is 13.1. The number of hydrogen-bond donors (Lipinski definition) is 0. The fourth-order valence-corrected chi connectivity index (χ4v) is 5.67. The molecule has 3 nitrogen and oxygen atoms in total. The first kappa shape index (κ1) is 13.6. The first-order valence-corrected chi connectivity index (χ1v) is 8.66. The second-order valence-electron chi connectivity index (χ2n) is 7.87. The summed E-state index contributed by atoms with van der Waals surface area (Å²) in [5.41, 5.74) is 1.87. The Morgan fingerprint density at radius 3 is 2.13 bits per heavy atom. The van der Waals surface area contributed by atoms with Crippen LogP contribution >= 0.6 is 0 Å². The Hall–Kier alpha value is -1.84. The Kier molecular flexibility index (Phi) is 2.85. The molecule has 23 heavy (non-hydrogen) atoms. The van der Waals surface area contributed by atoms with Gasteiger partial charge in [-0.1, -0.05) is 0 Å². The molecule has 1 aromatic carbocycles. The number of halogens is 1. The molecular formula is C19H20FN3. The van der Waals surface area contributed by atoms with Crippen LogP contribution in [-0.4, -0.2) is 15.2 Å². The van der Waals surface area contributed by atoms with Crippen LogP contribution in [0.3, 0.4) is 0 Å². The van der Waals surface area contributed by atoms with Crippen molar-refractivity contribution in [2.75, 3.05) is 0 Å². The van der Waals surface area contributed by atoms with Crippen LogP contribution in [-0.2, 0) is 5.41 Å². The van der Waals surface area contributed by atoms with Crippen LogP contribution in [0.1, 0.15) is 44.3 Å². The lowest BCUT2D eigenvalue weighted by Crippen LogP contribution is -2.49. The van der Waals surface area contributed by atoms with Gasteiger partial charge in [0.1, 0.15) is 5.82 Å². The molecule has 4 bridgehead atoms. The molecular weight excluding hydrogens is 289 g/mol. The minimum atomic E-state index is -0.225. The maximum absolute atomic E-state index is 13.1. The molecule has 4 aliphatic rings. The molecule has 0 radical (unpaired) electrons. The van der Waals surface area contributed by atoms with Gasteiger partial charge in [-0.25, -0.2) is 9.37 Å². The fraction of sp³-hybridized carbons (Fsp3) is 0.526. The van der Waals surface area contributed by atoms with E-state index in [4.69, 9.17) is 4.98 Å². The summed E-state index contributed by atoms with van der Waals surface area (Å²) in [5.74, 6) is 3.29. The summed E-state index contributed by atoms with van der Waals surface area (Å²) in [6, 6.07) is 6.48. The van der Waals surface area contributed by atoms with Crippen LogP contribution in [0.2, 0.25) is 0 Å². The van der Waals surface area contributed by atoms with Crippen LogP contribution in [0, 0.1) is 23.6 Å². The fourth-order valence-electron chi connectivity index (χ4n) is 5.67. The third kappa shape index (κ3) is 2.19. The highest BCUT2D eigenvalue weighted by atomic mass is 19.1. The first-order valence-electron chi connectivity index (χ1n) is 8.66. The van der Waals surface area contributed by atoms with Crippen LogP contribution in [0.25, 0.3) is 11.3 Å². The van der Waals surface area contributed by atoms with Crippen LogP contribution < -0.4 is 0 Å². The van der Waals surface area contributed by atoms with Gasteiger partial charge in [0.05, 0.1) is 11.9 Å². The Balaban J connectivity index is 1.54. The highest BCUT2D eigenvalue weighted by molar-refractivity contribution is 5.57. The van der Waals surface area contributed by atoms with Gasteiger partial charge in [0, 0.05) is 11.0 Å². The highest BCUT2D eigenvalue weighted by Crippen LogP contribution is 2.60. The normalized spacial score (nSPS) is 34.7. The van der Waals surface area contributed by atoms with Crippen molar-refractivity contribution in [2.24, 2.45) is 17.8 Å². The molecule has 0 atom stereocenters. The summed E-state index contributed by atoms with van der Waals surface area (Å²) < 4.78 is 13.1. The van der Waals surface area contributed by atoms with Crippen LogP contribution in [0.4, 0.5) is 4.39 Å². The summed E-state index contributed by atoms with van der Waals surface area (Å²) in [6.07, 6.45) is 9.60. The minimum absolute atomic E-state index is 0.151. The van der Waals surface area contributed by atoms with E-state index in [2.05, 4.69) is 10.2 Å². The Bertz CT molecular complexity index is 705. The predicted octanol–water partition coefficient (Wildman–Crippen LogP) is 4.15. The maximum atomic E-state index is 13.1. The van der Waals surface area contributed by atoms with Crippen molar-refractivity contribution in [3.05, 3.63) is 42.1 Å².